The van der Waals surface area contributed by atoms with Crippen molar-refractivity contribution < 1.29 is 9.53 Å². The van der Waals surface area contributed by atoms with Crippen LogP contribution in [0.5, 0.6) is 0 Å². The van der Waals surface area contributed by atoms with Gasteiger partial charge in [-0.25, -0.2) is 9.78 Å². The van der Waals surface area contributed by atoms with Crippen LogP contribution in [-0.2, 0) is 10.3 Å². The average molecular weight is 220 g/mol. The van der Waals surface area contributed by atoms with E-state index in [2.05, 4.69) is 17.2 Å². The molecule has 0 fully saturated rings. The van der Waals surface area contributed by atoms with Gasteiger partial charge in [-0.1, -0.05) is 6.92 Å². The van der Waals surface area contributed by atoms with E-state index < -0.39 is 5.60 Å². The predicted molar refractivity (Wildman–Crippen MR) is 61.5 cm³/mol. The van der Waals surface area contributed by atoms with Crippen molar-refractivity contribution in [2.24, 2.45) is 0 Å². The van der Waals surface area contributed by atoms with Gasteiger partial charge >= 0.3 is 5.97 Å². The molecular formula is C12H16N2O2. The van der Waals surface area contributed by atoms with Gasteiger partial charge in [0.1, 0.15) is 17.0 Å². The van der Waals surface area contributed by atoms with Crippen LogP contribution in [0.1, 0.15) is 43.1 Å². The van der Waals surface area contributed by atoms with Crippen LogP contribution >= 0.6 is 0 Å². The number of carbonyl (C=O) groups is 1. The topological polar surface area (TPSA) is 51.2 Å². The lowest BCUT2D eigenvalue weighted by atomic mass is 9.97. The Morgan fingerprint density at radius 3 is 2.94 bits per heavy atom. The molecule has 2 heterocycles. The lowest BCUT2D eigenvalue weighted by Crippen LogP contribution is -2.15. The largest absolute Gasteiger partial charge is 0.451 e. The van der Waals surface area contributed by atoms with Gasteiger partial charge in [-0.05, 0) is 26.3 Å². The fourth-order valence-corrected chi connectivity index (χ4v) is 1.89. The number of nitrogens with zero attached hydrogens (tertiary/aromatic N) is 1. The number of rotatable bonds is 3. The highest BCUT2D eigenvalue weighted by Gasteiger charge is 2.39. The molecule has 1 N–H and O–H groups in total. The minimum atomic E-state index is -0.544. The number of esters is 1. The molecular weight excluding hydrogens is 204 g/mol. The Balaban J connectivity index is 2.44. The average Bonchev–Trinajstić information content (AvgIpc) is 2.47. The van der Waals surface area contributed by atoms with E-state index in [0.717, 1.165) is 18.5 Å². The number of hydrogen-bond acceptors (Lipinski definition) is 4. The monoisotopic (exact) mass is 220 g/mol. The van der Waals surface area contributed by atoms with Crippen molar-refractivity contribution in [2.45, 2.75) is 32.8 Å². The molecule has 86 valence electrons. The van der Waals surface area contributed by atoms with Gasteiger partial charge in [-0.15, -0.1) is 0 Å². The third-order valence-corrected chi connectivity index (χ3v) is 2.69. The molecule has 0 amide bonds. The third-order valence-electron chi connectivity index (χ3n) is 2.69. The van der Waals surface area contributed by atoms with E-state index in [9.17, 15) is 4.79 Å². The summed E-state index contributed by atoms with van der Waals surface area (Å²) in [6.07, 6.45) is 2.70. The van der Waals surface area contributed by atoms with Gasteiger partial charge in [0.25, 0.3) is 0 Å². The van der Waals surface area contributed by atoms with Crippen LogP contribution in [0.4, 0.5) is 5.82 Å². The van der Waals surface area contributed by atoms with E-state index in [1.807, 2.05) is 19.9 Å². The molecule has 1 aromatic heterocycles. The Hall–Kier alpha value is -1.58. The van der Waals surface area contributed by atoms with E-state index in [-0.39, 0.29) is 5.97 Å². The number of hydrogen-bond donors (Lipinski definition) is 1. The summed E-state index contributed by atoms with van der Waals surface area (Å²) in [5, 5.41) is 3.15. The van der Waals surface area contributed by atoms with Crippen molar-refractivity contribution in [1.29, 1.82) is 0 Å². The zero-order chi connectivity index (χ0) is 11.8. The van der Waals surface area contributed by atoms with Crippen LogP contribution in [0.25, 0.3) is 0 Å². The predicted octanol–water partition coefficient (Wildman–Crippen LogP) is 2.31. The van der Waals surface area contributed by atoms with Gasteiger partial charge in [0.15, 0.2) is 0 Å². The quantitative estimate of drug-likeness (QED) is 0.794. The van der Waals surface area contributed by atoms with Crippen molar-refractivity contribution in [3.8, 4) is 0 Å². The Bertz CT molecular complexity index is 427. The maximum atomic E-state index is 11.8. The molecule has 0 bridgehead atoms. The van der Waals surface area contributed by atoms with Crippen LogP contribution in [0.3, 0.4) is 0 Å². The lowest BCUT2D eigenvalue weighted by Gasteiger charge is -2.17. The number of nitrogens with one attached hydrogen (secondary N) is 1. The highest BCUT2D eigenvalue weighted by Crippen LogP contribution is 2.38. The summed E-state index contributed by atoms with van der Waals surface area (Å²) in [6, 6.07) is 1.84. The summed E-state index contributed by atoms with van der Waals surface area (Å²) in [5.41, 5.74) is 0.949. The van der Waals surface area contributed by atoms with E-state index in [1.54, 1.807) is 6.20 Å². The van der Waals surface area contributed by atoms with E-state index in [1.165, 1.54) is 0 Å². The highest BCUT2D eigenvalue weighted by atomic mass is 16.6. The molecule has 16 heavy (non-hydrogen) atoms. The second-order valence-corrected chi connectivity index (χ2v) is 4.41. The van der Waals surface area contributed by atoms with Crippen molar-refractivity contribution in [2.75, 3.05) is 11.9 Å². The SMILES string of the molecule is CCCNc1nccc2c1C(=O)OC2(C)C. The Kier molecular flexibility index (Phi) is 2.58. The molecule has 0 unspecified atom stereocenters. The van der Waals surface area contributed by atoms with E-state index in [4.69, 9.17) is 4.74 Å². The lowest BCUT2D eigenvalue weighted by molar-refractivity contribution is 0.00958. The maximum Gasteiger partial charge on any atom is 0.343 e. The van der Waals surface area contributed by atoms with Crippen LogP contribution in [0.2, 0.25) is 0 Å². The fraction of sp³-hybridized carbons (Fsp3) is 0.500. The molecule has 1 aliphatic rings. The van der Waals surface area contributed by atoms with Gasteiger partial charge in [-0.3, -0.25) is 0 Å². The Morgan fingerprint density at radius 1 is 1.50 bits per heavy atom. The van der Waals surface area contributed by atoms with Crippen molar-refractivity contribution >= 4 is 11.8 Å². The minimum absolute atomic E-state index is 0.285. The molecule has 2 rings (SSSR count). The van der Waals surface area contributed by atoms with Gasteiger partial charge in [-0.2, -0.15) is 0 Å². The van der Waals surface area contributed by atoms with Crippen molar-refractivity contribution in [3.63, 3.8) is 0 Å². The standard InChI is InChI=1S/C12H16N2O2/c1-4-6-13-10-9-8(5-7-14-10)12(2,3)16-11(9)15/h5,7H,4,6H2,1-3H3,(H,13,14). The number of aromatic nitrogens is 1. The molecule has 0 saturated heterocycles. The molecule has 0 aliphatic carbocycles. The first-order valence-corrected chi connectivity index (χ1v) is 5.53. The smallest absolute Gasteiger partial charge is 0.343 e. The summed E-state index contributed by atoms with van der Waals surface area (Å²) >= 11 is 0. The van der Waals surface area contributed by atoms with Crippen LogP contribution in [0.15, 0.2) is 12.3 Å². The highest BCUT2D eigenvalue weighted by molar-refractivity contribution is 5.99. The molecule has 0 aromatic carbocycles. The van der Waals surface area contributed by atoms with Gasteiger partial charge in [0, 0.05) is 18.3 Å². The number of cyclic esters (lactones) is 1. The summed E-state index contributed by atoms with van der Waals surface area (Å²) in [7, 11) is 0. The Morgan fingerprint density at radius 2 is 2.25 bits per heavy atom. The molecule has 4 heteroatoms. The summed E-state index contributed by atoms with van der Waals surface area (Å²) in [5.74, 6) is 0.349. The first-order valence-electron chi connectivity index (χ1n) is 5.53. The van der Waals surface area contributed by atoms with Crippen LogP contribution < -0.4 is 5.32 Å². The number of ether oxygens (including phenoxy) is 1. The van der Waals surface area contributed by atoms with Crippen molar-refractivity contribution in [3.05, 3.63) is 23.4 Å². The molecule has 0 saturated carbocycles. The zero-order valence-corrected chi connectivity index (χ0v) is 9.83. The number of anilines is 1. The number of pyridine rings is 1. The second kappa shape index (κ2) is 3.77. The molecule has 0 atom stereocenters. The van der Waals surface area contributed by atoms with Crippen LogP contribution in [-0.4, -0.2) is 17.5 Å². The number of fused-ring (bicyclic) bond motifs is 1. The molecule has 4 nitrogen and oxygen atoms in total. The van der Waals surface area contributed by atoms with E-state index in [0.29, 0.717) is 11.4 Å². The number of carbonyl (C=O) groups excluding carboxylic acids is 1. The molecule has 1 aliphatic heterocycles. The maximum absolute atomic E-state index is 11.8. The first kappa shape index (κ1) is 10.9. The molecule has 0 spiro atoms. The summed E-state index contributed by atoms with van der Waals surface area (Å²) < 4.78 is 5.32. The summed E-state index contributed by atoms with van der Waals surface area (Å²) in [6.45, 7) is 6.65. The minimum Gasteiger partial charge on any atom is -0.451 e. The van der Waals surface area contributed by atoms with Crippen molar-refractivity contribution in [1.82, 2.24) is 4.98 Å². The molecule has 0 radical (unpaired) electrons. The fourth-order valence-electron chi connectivity index (χ4n) is 1.89. The normalized spacial score (nSPS) is 16.8. The van der Waals surface area contributed by atoms with Crippen LogP contribution in [0, 0.1) is 0 Å². The molecule has 1 aromatic rings. The zero-order valence-electron chi connectivity index (χ0n) is 9.83. The van der Waals surface area contributed by atoms with Gasteiger partial charge in [0.2, 0.25) is 0 Å². The van der Waals surface area contributed by atoms with E-state index >= 15 is 0 Å². The summed E-state index contributed by atoms with van der Waals surface area (Å²) in [4.78, 5) is 16.0. The first-order chi connectivity index (χ1) is 7.56. The van der Waals surface area contributed by atoms with Gasteiger partial charge < -0.3 is 10.1 Å². The van der Waals surface area contributed by atoms with Gasteiger partial charge in [0.05, 0.1) is 0 Å². The second-order valence-electron chi connectivity index (χ2n) is 4.41. The Labute approximate surface area is 95.0 Å². The third kappa shape index (κ3) is 1.64.